The second-order valence-corrected chi connectivity index (χ2v) is 6.04. The van der Waals surface area contributed by atoms with Crippen LogP contribution in [-0.2, 0) is 0 Å². The summed E-state index contributed by atoms with van der Waals surface area (Å²) in [7, 11) is 0. The molecule has 0 aliphatic carbocycles. The van der Waals surface area contributed by atoms with E-state index >= 15 is 0 Å². The second kappa shape index (κ2) is 6.65. The summed E-state index contributed by atoms with van der Waals surface area (Å²) in [6.07, 6.45) is 2.18. The van der Waals surface area contributed by atoms with Gasteiger partial charge in [0.25, 0.3) is 0 Å². The Kier molecular flexibility index (Phi) is 4.05. The Hall–Kier alpha value is -3.33. The molecule has 3 heteroatoms. The molecule has 0 bridgehead atoms. The SMILES string of the molecule is Nc1ccc(N2CC(c3ccccc3)=CC(c3ccccc3)=N2)cc1. The van der Waals surface area contributed by atoms with Crippen molar-refractivity contribution >= 4 is 22.7 Å². The summed E-state index contributed by atoms with van der Waals surface area (Å²) in [4.78, 5) is 0. The molecule has 0 aromatic heterocycles. The zero-order valence-electron chi connectivity index (χ0n) is 13.8. The molecule has 3 aromatic rings. The van der Waals surface area contributed by atoms with Crippen molar-refractivity contribution in [2.24, 2.45) is 5.10 Å². The Morgan fingerprint density at radius 3 is 1.96 bits per heavy atom. The van der Waals surface area contributed by atoms with Crippen LogP contribution < -0.4 is 10.7 Å². The highest BCUT2D eigenvalue weighted by molar-refractivity contribution is 6.14. The average Bonchev–Trinajstić information content (AvgIpc) is 2.69. The van der Waals surface area contributed by atoms with Gasteiger partial charge in [-0.2, -0.15) is 5.10 Å². The van der Waals surface area contributed by atoms with Crippen molar-refractivity contribution in [1.29, 1.82) is 0 Å². The lowest BCUT2D eigenvalue weighted by atomic mass is 10.00. The highest BCUT2D eigenvalue weighted by Crippen LogP contribution is 2.26. The molecule has 25 heavy (non-hydrogen) atoms. The van der Waals surface area contributed by atoms with Gasteiger partial charge in [0, 0.05) is 11.3 Å². The van der Waals surface area contributed by atoms with Crippen LogP contribution in [0.25, 0.3) is 5.57 Å². The summed E-state index contributed by atoms with van der Waals surface area (Å²) < 4.78 is 0. The Morgan fingerprint density at radius 2 is 1.32 bits per heavy atom. The first-order valence-electron chi connectivity index (χ1n) is 8.33. The smallest absolute Gasteiger partial charge is 0.0911 e. The molecule has 0 saturated carbocycles. The summed E-state index contributed by atoms with van der Waals surface area (Å²) in [5.74, 6) is 0. The fraction of sp³-hybridized carbons (Fsp3) is 0.0455. The summed E-state index contributed by atoms with van der Waals surface area (Å²) in [5.41, 5.74) is 12.1. The lowest BCUT2D eigenvalue weighted by Gasteiger charge is -2.26. The van der Waals surface area contributed by atoms with E-state index in [1.54, 1.807) is 0 Å². The van der Waals surface area contributed by atoms with Crippen LogP contribution in [-0.4, -0.2) is 12.3 Å². The van der Waals surface area contributed by atoms with Gasteiger partial charge in [0.1, 0.15) is 0 Å². The van der Waals surface area contributed by atoms with Crippen molar-refractivity contribution in [3.63, 3.8) is 0 Å². The quantitative estimate of drug-likeness (QED) is 0.716. The molecule has 0 spiro atoms. The van der Waals surface area contributed by atoms with Crippen molar-refractivity contribution in [1.82, 2.24) is 0 Å². The number of allylic oxidation sites excluding steroid dienone is 1. The molecule has 1 heterocycles. The van der Waals surface area contributed by atoms with Crippen molar-refractivity contribution in [3.8, 4) is 0 Å². The molecule has 0 fully saturated rings. The maximum atomic E-state index is 5.83. The number of benzene rings is 3. The number of anilines is 2. The minimum absolute atomic E-state index is 0.726. The van der Waals surface area contributed by atoms with E-state index in [0.29, 0.717) is 0 Å². The van der Waals surface area contributed by atoms with E-state index in [-0.39, 0.29) is 0 Å². The number of hydrogen-bond acceptors (Lipinski definition) is 3. The Morgan fingerprint density at radius 1 is 0.720 bits per heavy atom. The molecule has 1 aliphatic heterocycles. The average molecular weight is 325 g/mol. The molecule has 2 N–H and O–H groups in total. The first kappa shape index (κ1) is 15.2. The summed E-state index contributed by atoms with van der Waals surface area (Å²) in [6, 6.07) is 28.6. The van der Waals surface area contributed by atoms with Gasteiger partial charge < -0.3 is 5.73 Å². The van der Waals surface area contributed by atoms with Crippen LogP contribution in [0.3, 0.4) is 0 Å². The van der Waals surface area contributed by atoms with Crippen molar-refractivity contribution < 1.29 is 0 Å². The minimum atomic E-state index is 0.726. The molecule has 0 unspecified atom stereocenters. The van der Waals surface area contributed by atoms with Crippen LogP contribution in [0.5, 0.6) is 0 Å². The third kappa shape index (κ3) is 3.31. The predicted octanol–water partition coefficient (Wildman–Crippen LogP) is 4.58. The van der Waals surface area contributed by atoms with Gasteiger partial charge in [0.2, 0.25) is 0 Å². The van der Waals surface area contributed by atoms with Crippen LogP contribution in [0.2, 0.25) is 0 Å². The summed E-state index contributed by atoms with van der Waals surface area (Å²) in [5, 5.41) is 6.89. The van der Waals surface area contributed by atoms with Crippen LogP contribution in [0, 0.1) is 0 Å². The van der Waals surface area contributed by atoms with E-state index in [4.69, 9.17) is 10.8 Å². The van der Waals surface area contributed by atoms with Crippen molar-refractivity contribution in [2.75, 3.05) is 17.3 Å². The number of nitrogens with two attached hydrogens (primary N) is 1. The van der Waals surface area contributed by atoms with Gasteiger partial charge in [0.15, 0.2) is 0 Å². The molecule has 1 aliphatic rings. The van der Waals surface area contributed by atoms with E-state index in [1.165, 1.54) is 11.1 Å². The number of hydrazone groups is 1. The molecule has 122 valence electrons. The lowest BCUT2D eigenvalue weighted by Crippen LogP contribution is -2.25. The fourth-order valence-corrected chi connectivity index (χ4v) is 2.94. The fourth-order valence-electron chi connectivity index (χ4n) is 2.94. The topological polar surface area (TPSA) is 41.6 Å². The highest BCUT2D eigenvalue weighted by Gasteiger charge is 2.17. The molecule has 3 nitrogen and oxygen atoms in total. The third-order valence-corrected chi connectivity index (χ3v) is 4.26. The number of rotatable bonds is 3. The van der Waals surface area contributed by atoms with E-state index in [2.05, 4.69) is 42.5 Å². The van der Waals surface area contributed by atoms with E-state index < -0.39 is 0 Å². The van der Waals surface area contributed by atoms with Gasteiger partial charge in [-0.1, -0.05) is 60.7 Å². The van der Waals surface area contributed by atoms with Crippen molar-refractivity contribution in [2.45, 2.75) is 0 Å². The lowest BCUT2D eigenvalue weighted by molar-refractivity contribution is 0.941. The molecule has 3 aromatic carbocycles. The number of hydrogen-bond donors (Lipinski definition) is 1. The number of nitrogen functional groups attached to an aromatic ring is 1. The summed E-state index contributed by atoms with van der Waals surface area (Å²) in [6.45, 7) is 0.726. The standard InChI is InChI=1S/C22H19N3/c23-20-11-13-21(14-12-20)25-16-19(17-7-3-1-4-8-17)15-22(24-25)18-9-5-2-6-10-18/h1-15H,16,23H2. The molecule has 0 atom stereocenters. The minimum Gasteiger partial charge on any atom is -0.399 e. The molecular formula is C22H19N3. The van der Waals surface area contributed by atoms with Crippen LogP contribution in [0.1, 0.15) is 11.1 Å². The molecule has 0 radical (unpaired) electrons. The third-order valence-electron chi connectivity index (χ3n) is 4.26. The van der Waals surface area contributed by atoms with E-state index in [0.717, 1.165) is 29.2 Å². The van der Waals surface area contributed by atoms with E-state index in [1.807, 2.05) is 53.5 Å². The summed E-state index contributed by atoms with van der Waals surface area (Å²) >= 11 is 0. The van der Waals surface area contributed by atoms with Gasteiger partial charge in [-0.3, -0.25) is 5.01 Å². The monoisotopic (exact) mass is 325 g/mol. The van der Waals surface area contributed by atoms with Gasteiger partial charge in [-0.05, 0) is 41.5 Å². The Bertz CT molecular complexity index is 911. The van der Waals surface area contributed by atoms with Gasteiger partial charge in [-0.25, -0.2) is 0 Å². The van der Waals surface area contributed by atoms with E-state index in [9.17, 15) is 0 Å². The van der Waals surface area contributed by atoms with Crippen LogP contribution in [0.15, 0.2) is 96.1 Å². The molecule has 4 rings (SSSR count). The normalized spacial score (nSPS) is 14.0. The maximum absolute atomic E-state index is 5.83. The zero-order chi connectivity index (χ0) is 17.1. The highest BCUT2D eigenvalue weighted by atomic mass is 15.5. The van der Waals surface area contributed by atoms with Crippen LogP contribution in [0.4, 0.5) is 11.4 Å². The number of nitrogens with zero attached hydrogens (tertiary/aromatic N) is 2. The van der Waals surface area contributed by atoms with Gasteiger partial charge in [0.05, 0.1) is 17.9 Å². The van der Waals surface area contributed by atoms with Crippen molar-refractivity contribution in [3.05, 3.63) is 102 Å². The zero-order valence-corrected chi connectivity index (χ0v) is 13.8. The Balaban J connectivity index is 1.78. The first-order valence-corrected chi connectivity index (χ1v) is 8.33. The molecule has 0 amide bonds. The Labute approximate surface area is 147 Å². The largest absolute Gasteiger partial charge is 0.399 e. The molecular weight excluding hydrogens is 306 g/mol. The molecule has 0 saturated heterocycles. The second-order valence-electron chi connectivity index (χ2n) is 6.04. The van der Waals surface area contributed by atoms with Gasteiger partial charge in [-0.15, -0.1) is 0 Å². The first-order chi connectivity index (χ1) is 12.3. The van der Waals surface area contributed by atoms with Crippen LogP contribution >= 0.6 is 0 Å². The van der Waals surface area contributed by atoms with Gasteiger partial charge >= 0.3 is 0 Å². The maximum Gasteiger partial charge on any atom is 0.0911 e. The predicted molar refractivity (Wildman–Crippen MR) is 106 cm³/mol.